The summed E-state index contributed by atoms with van der Waals surface area (Å²) < 4.78 is 0. The van der Waals surface area contributed by atoms with Gasteiger partial charge < -0.3 is 4.90 Å². The highest BCUT2D eigenvalue weighted by Gasteiger charge is 2.34. The SMILES string of the molecule is Cc1nc([C@H]2CCCN(C(=O)c3ccn[nH]3)C2)nc2c1CC(=O)N2CCCc1ccccc1. The van der Waals surface area contributed by atoms with Gasteiger partial charge in [-0.05, 0) is 44.2 Å². The number of nitrogens with zero attached hydrogens (tertiary/aromatic N) is 5. The fourth-order valence-corrected chi connectivity index (χ4v) is 4.81. The number of hydrogen-bond acceptors (Lipinski definition) is 5. The summed E-state index contributed by atoms with van der Waals surface area (Å²) in [5, 5.41) is 6.65. The molecule has 0 saturated carbocycles. The molecule has 0 unspecified atom stereocenters. The number of hydrogen-bond donors (Lipinski definition) is 1. The van der Waals surface area contributed by atoms with E-state index in [1.165, 1.54) is 5.56 Å². The predicted molar refractivity (Wildman–Crippen MR) is 124 cm³/mol. The Hall–Kier alpha value is -3.55. The van der Waals surface area contributed by atoms with Crippen molar-refractivity contribution in [2.45, 2.75) is 44.9 Å². The Balaban J connectivity index is 1.32. The number of carbonyl (C=O) groups excluding carboxylic acids is 2. The number of aromatic nitrogens is 4. The van der Waals surface area contributed by atoms with E-state index in [2.05, 4.69) is 22.3 Å². The molecular formula is C25H28N6O2. The van der Waals surface area contributed by atoms with Gasteiger partial charge in [-0.3, -0.25) is 19.6 Å². The second kappa shape index (κ2) is 9.13. The molecule has 2 aliphatic heterocycles. The third kappa shape index (κ3) is 4.37. The maximum absolute atomic E-state index is 12.8. The number of piperidine rings is 1. The zero-order valence-electron chi connectivity index (χ0n) is 18.8. The number of nitrogens with one attached hydrogen (secondary N) is 1. The number of H-pyrrole nitrogens is 1. The Morgan fingerprint density at radius 3 is 2.82 bits per heavy atom. The smallest absolute Gasteiger partial charge is 0.271 e. The van der Waals surface area contributed by atoms with E-state index in [-0.39, 0.29) is 17.7 Å². The first-order chi connectivity index (χ1) is 16.1. The largest absolute Gasteiger partial charge is 0.337 e. The van der Waals surface area contributed by atoms with E-state index >= 15 is 0 Å². The van der Waals surface area contributed by atoms with Gasteiger partial charge in [-0.2, -0.15) is 5.10 Å². The maximum Gasteiger partial charge on any atom is 0.271 e. The summed E-state index contributed by atoms with van der Waals surface area (Å²) in [4.78, 5) is 38.9. The van der Waals surface area contributed by atoms with Gasteiger partial charge in [-0.1, -0.05) is 30.3 Å². The van der Waals surface area contributed by atoms with Crippen LogP contribution < -0.4 is 4.90 Å². The van der Waals surface area contributed by atoms with Crippen molar-refractivity contribution in [1.29, 1.82) is 0 Å². The van der Waals surface area contributed by atoms with Gasteiger partial charge in [0.25, 0.3) is 5.91 Å². The second-order valence-electron chi connectivity index (χ2n) is 8.84. The van der Waals surface area contributed by atoms with Crippen LogP contribution in [0.25, 0.3) is 0 Å². The molecule has 1 aromatic carbocycles. The molecule has 1 fully saturated rings. The Bertz CT molecular complexity index is 1150. The lowest BCUT2D eigenvalue weighted by atomic mass is 9.96. The average molecular weight is 445 g/mol. The molecule has 1 N–H and O–H groups in total. The van der Waals surface area contributed by atoms with E-state index in [4.69, 9.17) is 9.97 Å². The minimum atomic E-state index is -0.0483. The molecule has 2 amide bonds. The number of benzene rings is 1. The summed E-state index contributed by atoms with van der Waals surface area (Å²) in [6.07, 6.45) is 5.57. The first-order valence-electron chi connectivity index (χ1n) is 11.6. The summed E-state index contributed by atoms with van der Waals surface area (Å²) in [5.41, 5.74) is 3.57. The summed E-state index contributed by atoms with van der Waals surface area (Å²) >= 11 is 0. The van der Waals surface area contributed by atoms with Crippen molar-refractivity contribution in [2.75, 3.05) is 24.5 Å². The average Bonchev–Trinajstić information content (AvgIpc) is 3.48. The number of amides is 2. The van der Waals surface area contributed by atoms with Crippen molar-refractivity contribution in [2.24, 2.45) is 0 Å². The second-order valence-corrected chi connectivity index (χ2v) is 8.84. The number of anilines is 1. The maximum atomic E-state index is 12.8. The molecule has 2 aliphatic rings. The molecule has 0 bridgehead atoms. The van der Waals surface area contributed by atoms with Crippen molar-refractivity contribution in [3.8, 4) is 0 Å². The van der Waals surface area contributed by atoms with Gasteiger partial charge in [-0.15, -0.1) is 0 Å². The molecule has 1 atom stereocenters. The van der Waals surface area contributed by atoms with Crippen LogP contribution in [0.5, 0.6) is 0 Å². The zero-order valence-corrected chi connectivity index (χ0v) is 18.8. The van der Waals surface area contributed by atoms with Crippen molar-refractivity contribution in [3.63, 3.8) is 0 Å². The number of aryl methyl sites for hydroxylation is 2. The van der Waals surface area contributed by atoms with Gasteiger partial charge in [0.15, 0.2) is 0 Å². The van der Waals surface area contributed by atoms with Crippen LogP contribution in [0.4, 0.5) is 5.82 Å². The molecule has 3 aromatic rings. The van der Waals surface area contributed by atoms with Crippen LogP contribution in [0, 0.1) is 6.92 Å². The van der Waals surface area contributed by atoms with Crippen LogP contribution in [0.3, 0.4) is 0 Å². The van der Waals surface area contributed by atoms with Gasteiger partial charge in [0, 0.05) is 43.0 Å². The molecule has 0 aliphatic carbocycles. The molecular weight excluding hydrogens is 416 g/mol. The zero-order chi connectivity index (χ0) is 22.8. The Morgan fingerprint density at radius 2 is 2.03 bits per heavy atom. The Morgan fingerprint density at radius 1 is 1.18 bits per heavy atom. The predicted octanol–water partition coefficient (Wildman–Crippen LogP) is 3.05. The fourth-order valence-electron chi connectivity index (χ4n) is 4.81. The topological polar surface area (TPSA) is 95.1 Å². The Kier molecular flexibility index (Phi) is 5.90. The number of aromatic amines is 1. The van der Waals surface area contributed by atoms with Gasteiger partial charge in [0.05, 0.1) is 6.42 Å². The number of carbonyl (C=O) groups is 2. The lowest BCUT2D eigenvalue weighted by molar-refractivity contribution is -0.117. The summed E-state index contributed by atoms with van der Waals surface area (Å²) in [6, 6.07) is 12.0. The van der Waals surface area contributed by atoms with E-state index in [1.807, 2.05) is 34.9 Å². The quantitative estimate of drug-likeness (QED) is 0.631. The molecule has 5 rings (SSSR count). The molecule has 170 valence electrons. The summed E-state index contributed by atoms with van der Waals surface area (Å²) in [5.74, 6) is 1.58. The summed E-state index contributed by atoms with van der Waals surface area (Å²) in [7, 11) is 0. The first-order valence-corrected chi connectivity index (χ1v) is 11.6. The molecule has 4 heterocycles. The highest BCUT2D eigenvalue weighted by Crippen LogP contribution is 2.33. The fraction of sp³-hybridized carbons (Fsp3) is 0.400. The van der Waals surface area contributed by atoms with Crippen LogP contribution in [0.2, 0.25) is 0 Å². The van der Waals surface area contributed by atoms with E-state index in [0.717, 1.165) is 48.6 Å². The van der Waals surface area contributed by atoms with E-state index in [0.29, 0.717) is 31.7 Å². The third-order valence-corrected chi connectivity index (χ3v) is 6.59. The third-order valence-electron chi connectivity index (χ3n) is 6.59. The standard InChI is InChI=1S/C25H28N6O2/c1-17-20-15-22(32)31(14-5-9-18-7-3-2-4-8-18)24(20)28-23(27-17)19-10-6-13-30(16-19)25(33)21-11-12-26-29-21/h2-4,7-8,11-12,19H,5-6,9-10,13-16H2,1H3,(H,26,29)/t19-/m0/s1. The lowest BCUT2D eigenvalue weighted by Gasteiger charge is -2.32. The van der Waals surface area contributed by atoms with Crippen LogP contribution in [0.15, 0.2) is 42.6 Å². The molecule has 8 heteroatoms. The summed E-state index contributed by atoms with van der Waals surface area (Å²) in [6.45, 7) is 3.88. The van der Waals surface area contributed by atoms with Crippen LogP contribution in [-0.4, -0.2) is 56.5 Å². The molecule has 1 saturated heterocycles. The van der Waals surface area contributed by atoms with Crippen molar-refractivity contribution < 1.29 is 9.59 Å². The highest BCUT2D eigenvalue weighted by atomic mass is 16.2. The monoisotopic (exact) mass is 444 g/mol. The number of rotatable bonds is 6. The molecule has 0 spiro atoms. The molecule has 2 aromatic heterocycles. The number of likely N-dealkylation sites (tertiary alicyclic amines) is 1. The van der Waals surface area contributed by atoms with Crippen molar-refractivity contribution >= 4 is 17.6 Å². The molecule has 33 heavy (non-hydrogen) atoms. The van der Waals surface area contributed by atoms with Crippen LogP contribution >= 0.6 is 0 Å². The number of fused-ring (bicyclic) bond motifs is 1. The van der Waals surface area contributed by atoms with Crippen LogP contribution in [0.1, 0.15) is 58.3 Å². The van der Waals surface area contributed by atoms with Gasteiger partial charge in [-0.25, -0.2) is 9.97 Å². The van der Waals surface area contributed by atoms with Crippen LogP contribution in [-0.2, 0) is 17.6 Å². The van der Waals surface area contributed by atoms with Crippen molar-refractivity contribution in [3.05, 3.63) is 70.9 Å². The van der Waals surface area contributed by atoms with E-state index in [1.54, 1.807) is 12.3 Å². The Labute approximate surface area is 193 Å². The minimum absolute atomic E-state index is 0.0483. The lowest BCUT2D eigenvalue weighted by Crippen LogP contribution is -2.40. The van der Waals surface area contributed by atoms with Gasteiger partial charge in [0.2, 0.25) is 5.91 Å². The van der Waals surface area contributed by atoms with Gasteiger partial charge >= 0.3 is 0 Å². The van der Waals surface area contributed by atoms with E-state index < -0.39 is 0 Å². The van der Waals surface area contributed by atoms with Crippen molar-refractivity contribution in [1.82, 2.24) is 25.1 Å². The highest BCUT2D eigenvalue weighted by molar-refractivity contribution is 6.00. The first kappa shape index (κ1) is 21.3. The van der Waals surface area contributed by atoms with E-state index in [9.17, 15) is 9.59 Å². The molecule has 8 nitrogen and oxygen atoms in total. The minimum Gasteiger partial charge on any atom is -0.337 e. The normalized spacial score (nSPS) is 18.0. The van der Waals surface area contributed by atoms with Gasteiger partial charge in [0.1, 0.15) is 17.3 Å². The molecule has 0 radical (unpaired) electrons.